The van der Waals surface area contributed by atoms with E-state index in [0.717, 1.165) is 73.1 Å². The Morgan fingerprint density at radius 3 is 2.32 bits per heavy atom. The fourth-order valence-corrected chi connectivity index (χ4v) is 5.88. The summed E-state index contributed by atoms with van der Waals surface area (Å²) in [7, 11) is 2.04. The monoisotopic (exact) mass is 493 g/mol. The number of furan rings is 1. The molecule has 0 spiro atoms. The molecule has 0 bridgehead atoms. The van der Waals surface area contributed by atoms with Crippen molar-refractivity contribution in [3.05, 3.63) is 97.1 Å². The van der Waals surface area contributed by atoms with Crippen LogP contribution in [0, 0.1) is 0 Å². The highest BCUT2D eigenvalue weighted by Crippen LogP contribution is 2.61. The fourth-order valence-electron chi connectivity index (χ4n) is 5.88. The summed E-state index contributed by atoms with van der Waals surface area (Å²) in [5.74, 6) is 3.85. The molecule has 2 aliphatic rings. The van der Waals surface area contributed by atoms with Crippen LogP contribution < -0.4 is 14.4 Å². The molecule has 0 radical (unpaired) electrons. The van der Waals surface area contributed by atoms with Crippen LogP contribution in [-0.4, -0.2) is 9.55 Å². The molecule has 0 unspecified atom stereocenters. The second-order valence-electron chi connectivity index (χ2n) is 9.67. The van der Waals surface area contributed by atoms with Gasteiger partial charge in [0.05, 0.1) is 28.0 Å². The van der Waals surface area contributed by atoms with Gasteiger partial charge in [-0.15, -0.1) is 0 Å². The van der Waals surface area contributed by atoms with E-state index in [1.165, 1.54) is 0 Å². The topological polar surface area (TPSA) is 52.7 Å². The fraction of sp³-hybridized carbons (Fsp3) is 0.0312. The van der Waals surface area contributed by atoms with Gasteiger partial charge >= 0.3 is 0 Å². The highest BCUT2D eigenvalue weighted by Gasteiger charge is 2.36. The minimum Gasteiger partial charge on any atom is -0.453 e. The van der Waals surface area contributed by atoms with Crippen LogP contribution in [0.3, 0.4) is 0 Å². The van der Waals surface area contributed by atoms with Crippen LogP contribution in [0.4, 0.5) is 17.1 Å². The third-order valence-electron chi connectivity index (χ3n) is 7.59. The van der Waals surface area contributed by atoms with Crippen LogP contribution in [0.5, 0.6) is 23.0 Å². The van der Waals surface area contributed by atoms with Crippen molar-refractivity contribution < 1.29 is 13.9 Å². The Bertz CT molecular complexity index is 2120. The van der Waals surface area contributed by atoms with Crippen molar-refractivity contribution in [3.8, 4) is 34.4 Å². The Labute approximate surface area is 216 Å². The molecule has 7 aromatic rings. The first kappa shape index (κ1) is 19.9. The number of anilines is 3. The molecule has 0 saturated heterocycles. The smallest absolute Gasteiger partial charge is 0.194 e. The number of hydrogen-bond donors (Lipinski definition) is 0. The maximum Gasteiger partial charge on any atom is 0.194 e. The maximum absolute atomic E-state index is 6.70. The lowest BCUT2D eigenvalue weighted by Gasteiger charge is -2.37. The molecule has 0 atom stereocenters. The normalized spacial score (nSPS) is 13.2. The van der Waals surface area contributed by atoms with Gasteiger partial charge in [0.2, 0.25) is 0 Å². The van der Waals surface area contributed by atoms with Gasteiger partial charge in [-0.25, -0.2) is 4.98 Å². The van der Waals surface area contributed by atoms with E-state index < -0.39 is 0 Å². The maximum atomic E-state index is 6.70. The standard InChI is InChI=1S/C32H19N3O3/c1-34-22-11-3-2-10-21(22)33-32(34)20-9-6-8-18-19-16-17-24-31(30(19)38-29(18)20)37-27-15-7-14-26-28(27)35(24)23-12-4-5-13-25(23)36-26/h2-17H,1H3. The second kappa shape index (κ2) is 6.95. The number of rotatable bonds is 1. The molecule has 0 N–H and O–H groups in total. The first-order valence-electron chi connectivity index (χ1n) is 12.5. The van der Waals surface area contributed by atoms with Gasteiger partial charge in [0.15, 0.2) is 28.6 Å². The van der Waals surface area contributed by atoms with Crippen LogP contribution in [0.25, 0.3) is 44.4 Å². The molecule has 0 fully saturated rings. The van der Waals surface area contributed by atoms with E-state index >= 15 is 0 Å². The van der Waals surface area contributed by atoms with Crippen LogP contribution in [0.1, 0.15) is 0 Å². The summed E-state index contributed by atoms with van der Waals surface area (Å²) in [6.45, 7) is 0. The SMILES string of the molecule is Cn1c(-c2cccc3c2oc2c4c(ccc23)N2c3ccccc3Oc3cccc(c32)O4)nc2ccccc21. The summed E-state index contributed by atoms with van der Waals surface area (Å²) >= 11 is 0. The zero-order valence-electron chi connectivity index (χ0n) is 20.3. The summed E-state index contributed by atoms with van der Waals surface area (Å²) in [6, 6.07) is 32.6. The molecule has 4 heterocycles. The van der Waals surface area contributed by atoms with Crippen molar-refractivity contribution in [2.24, 2.45) is 7.05 Å². The molecule has 9 rings (SSSR count). The Morgan fingerprint density at radius 1 is 0.632 bits per heavy atom. The number of aryl methyl sites for hydroxylation is 1. The number of fused-ring (bicyclic) bond motifs is 9. The molecular formula is C32H19N3O3. The molecule has 2 aliphatic heterocycles. The van der Waals surface area contributed by atoms with E-state index in [4.69, 9.17) is 18.9 Å². The lowest BCUT2D eigenvalue weighted by atomic mass is 10.0. The first-order valence-corrected chi connectivity index (χ1v) is 12.5. The average Bonchev–Trinajstić information content (AvgIpc) is 3.51. The predicted molar refractivity (Wildman–Crippen MR) is 148 cm³/mol. The van der Waals surface area contributed by atoms with Crippen molar-refractivity contribution in [2.45, 2.75) is 0 Å². The quantitative estimate of drug-likeness (QED) is 0.229. The number of aromatic nitrogens is 2. The second-order valence-corrected chi connectivity index (χ2v) is 9.67. The van der Waals surface area contributed by atoms with Gasteiger partial charge in [0.25, 0.3) is 0 Å². The van der Waals surface area contributed by atoms with Crippen molar-refractivity contribution >= 4 is 50.0 Å². The summed E-state index contributed by atoms with van der Waals surface area (Å²) in [4.78, 5) is 7.15. The number of hydrogen-bond acceptors (Lipinski definition) is 5. The highest BCUT2D eigenvalue weighted by atomic mass is 16.5. The Morgan fingerprint density at radius 2 is 1.39 bits per heavy atom. The molecule has 0 saturated carbocycles. The minimum atomic E-state index is 0.691. The van der Waals surface area contributed by atoms with Crippen LogP contribution in [0.2, 0.25) is 0 Å². The molecule has 6 heteroatoms. The van der Waals surface area contributed by atoms with Gasteiger partial charge in [0.1, 0.15) is 17.1 Å². The van der Waals surface area contributed by atoms with Gasteiger partial charge in [-0.05, 0) is 54.6 Å². The van der Waals surface area contributed by atoms with E-state index in [-0.39, 0.29) is 0 Å². The Balaban J connectivity index is 1.33. The summed E-state index contributed by atoms with van der Waals surface area (Å²) < 4.78 is 21.6. The molecule has 0 amide bonds. The molecule has 2 aromatic heterocycles. The largest absolute Gasteiger partial charge is 0.453 e. The van der Waals surface area contributed by atoms with Gasteiger partial charge < -0.3 is 18.5 Å². The van der Waals surface area contributed by atoms with Gasteiger partial charge in [0, 0.05) is 17.8 Å². The number of para-hydroxylation sites is 6. The van der Waals surface area contributed by atoms with E-state index in [1.54, 1.807) is 0 Å². The van der Waals surface area contributed by atoms with Gasteiger partial charge in [-0.3, -0.25) is 4.90 Å². The predicted octanol–water partition coefficient (Wildman–Crippen LogP) is 8.82. The minimum absolute atomic E-state index is 0.691. The van der Waals surface area contributed by atoms with Crippen LogP contribution >= 0.6 is 0 Å². The number of ether oxygens (including phenoxy) is 2. The van der Waals surface area contributed by atoms with Gasteiger partial charge in [-0.2, -0.15) is 0 Å². The first-order chi connectivity index (χ1) is 18.8. The third-order valence-corrected chi connectivity index (χ3v) is 7.59. The van der Waals surface area contributed by atoms with Crippen molar-refractivity contribution in [3.63, 3.8) is 0 Å². The zero-order valence-corrected chi connectivity index (χ0v) is 20.3. The van der Waals surface area contributed by atoms with E-state index in [0.29, 0.717) is 11.3 Å². The molecule has 0 aliphatic carbocycles. The van der Waals surface area contributed by atoms with Crippen molar-refractivity contribution in [1.82, 2.24) is 9.55 Å². The third kappa shape index (κ3) is 2.44. The molecule has 38 heavy (non-hydrogen) atoms. The highest BCUT2D eigenvalue weighted by molar-refractivity contribution is 6.13. The van der Waals surface area contributed by atoms with Crippen molar-refractivity contribution in [2.75, 3.05) is 4.90 Å². The number of nitrogens with zero attached hydrogens (tertiary/aromatic N) is 3. The van der Waals surface area contributed by atoms with Gasteiger partial charge in [-0.1, -0.05) is 42.5 Å². The lowest BCUT2D eigenvalue weighted by molar-refractivity contribution is 0.443. The summed E-state index contributed by atoms with van der Waals surface area (Å²) in [5.41, 5.74) is 7.26. The molecule has 6 nitrogen and oxygen atoms in total. The van der Waals surface area contributed by atoms with E-state index in [9.17, 15) is 0 Å². The van der Waals surface area contributed by atoms with Crippen LogP contribution in [0.15, 0.2) is 101 Å². The Hall–Kier alpha value is -5.23. The number of benzene rings is 5. The number of imidazole rings is 1. The van der Waals surface area contributed by atoms with Crippen LogP contribution in [-0.2, 0) is 7.05 Å². The van der Waals surface area contributed by atoms with Crippen molar-refractivity contribution in [1.29, 1.82) is 0 Å². The summed E-state index contributed by atoms with van der Waals surface area (Å²) in [6.07, 6.45) is 0. The summed E-state index contributed by atoms with van der Waals surface area (Å²) in [5, 5.41) is 2.03. The molecule has 5 aromatic carbocycles. The molecule has 180 valence electrons. The van der Waals surface area contributed by atoms with E-state index in [1.807, 2.05) is 61.6 Å². The average molecular weight is 494 g/mol. The zero-order chi connectivity index (χ0) is 25.0. The molecular weight excluding hydrogens is 474 g/mol. The van der Waals surface area contributed by atoms with E-state index in [2.05, 4.69) is 51.9 Å². The lowest BCUT2D eigenvalue weighted by Crippen LogP contribution is -2.20. The Kier molecular flexibility index (Phi) is 3.64.